The van der Waals surface area contributed by atoms with Gasteiger partial charge in [-0.2, -0.15) is 0 Å². The van der Waals surface area contributed by atoms with Crippen molar-refractivity contribution in [1.82, 2.24) is 0 Å². The smallest absolute Gasteiger partial charge is 0.179 e. The number of nitrogens with two attached hydrogens (primary N) is 1. The monoisotopic (exact) mass is 336 g/mol. The molecule has 0 fully saturated rings. The minimum atomic E-state index is -0.490. The summed E-state index contributed by atoms with van der Waals surface area (Å²) in [7, 11) is 1.60. The lowest BCUT2D eigenvalue weighted by Gasteiger charge is -2.13. The molecule has 4 nitrogen and oxygen atoms in total. The second kappa shape index (κ2) is 8.77. The fourth-order valence-corrected chi connectivity index (χ4v) is 2.68. The van der Waals surface area contributed by atoms with Gasteiger partial charge in [-0.05, 0) is 24.6 Å². The molecular formula is C18H23ClNO3+. The zero-order valence-corrected chi connectivity index (χ0v) is 14.2. The number of benzene rings is 2. The summed E-state index contributed by atoms with van der Waals surface area (Å²) in [5.41, 5.74) is 1.95. The van der Waals surface area contributed by atoms with Crippen LogP contribution in [-0.4, -0.2) is 25.4 Å². The molecule has 2 rings (SSSR count). The van der Waals surface area contributed by atoms with Gasteiger partial charge in [0.15, 0.2) is 11.5 Å². The topological polar surface area (TPSA) is 55.3 Å². The first kappa shape index (κ1) is 17.6. The zero-order chi connectivity index (χ0) is 16.7. The number of quaternary nitrogens is 1. The summed E-state index contributed by atoms with van der Waals surface area (Å²) in [6.07, 6.45) is -0.490. The van der Waals surface area contributed by atoms with Gasteiger partial charge in [-0.3, -0.25) is 0 Å². The van der Waals surface area contributed by atoms with Gasteiger partial charge >= 0.3 is 0 Å². The lowest BCUT2D eigenvalue weighted by Crippen LogP contribution is -2.83. The van der Waals surface area contributed by atoms with Crippen molar-refractivity contribution < 1.29 is 19.9 Å². The molecule has 0 aliphatic rings. The van der Waals surface area contributed by atoms with E-state index in [1.54, 1.807) is 7.11 Å². The summed E-state index contributed by atoms with van der Waals surface area (Å²) in [5, 5.41) is 12.8. The molecule has 0 unspecified atom stereocenters. The first-order valence-electron chi connectivity index (χ1n) is 7.69. The third kappa shape index (κ3) is 4.86. The second-order valence-corrected chi connectivity index (χ2v) is 5.60. The van der Waals surface area contributed by atoms with E-state index in [-0.39, 0.29) is 0 Å². The SMILES string of the molecule is CCOc1c(Cl)cc(C[NH2+]C[C@@H](O)c2ccccc2)cc1OC. The van der Waals surface area contributed by atoms with Crippen molar-refractivity contribution in [3.05, 3.63) is 58.6 Å². The van der Waals surface area contributed by atoms with E-state index in [1.165, 1.54) is 0 Å². The Morgan fingerprint density at radius 2 is 1.96 bits per heavy atom. The van der Waals surface area contributed by atoms with Crippen molar-refractivity contribution in [2.45, 2.75) is 19.6 Å². The van der Waals surface area contributed by atoms with Crippen LogP contribution >= 0.6 is 11.6 Å². The summed E-state index contributed by atoms with van der Waals surface area (Å²) in [4.78, 5) is 0. The van der Waals surface area contributed by atoms with Crippen LogP contribution in [0.25, 0.3) is 0 Å². The average Bonchev–Trinajstić information content (AvgIpc) is 2.57. The highest BCUT2D eigenvalue weighted by Gasteiger charge is 2.13. The molecule has 0 saturated heterocycles. The van der Waals surface area contributed by atoms with E-state index < -0.39 is 6.10 Å². The largest absolute Gasteiger partial charge is 0.493 e. The molecule has 0 aromatic heterocycles. The van der Waals surface area contributed by atoms with Gasteiger partial charge in [0.25, 0.3) is 0 Å². The summed E-state index contributed by atoms with van der Waals surface area (Å²) in [5.74, 6) is 1.20. The van der Waals surface area contributed by atoms with Crippen LogP contribution in [0.15, 0.2) is 42.5 Å². The van der Waals surface area contributed by atoms with E-state index in [0.717, 1.165) is 11.1 Å². The molecule has 0 saturated carbocycles. The van der Waals surface area contributed by atoms with Crippen LogP contribution in [-0.2, 0) is 6.54 Å². The van der Waals surface area contributed by atoms with E-state index in [9.17, 15) is 5.11 Å². The van der Waals surface area contributed by atoms with Crippen LogP contribution in [0.1, 0.15) is 24.2 Å². The normalized spacial score (nSPS) is 12.0. The van der Waals surface area contributed by atoms with Gasteiger partial charge in [-0.25, -0.2) is 0 Å². The molecule has 1 atom stereocenters. The van der Waals surface area contributed by atoms with Crippen molar-refractivity contribution in [3.8, 4) is 11.5 Å². The third-order valence-corrected chi connectivity index (χ3v) is 3.81. The quantitative estimate of drug-likeness (QED) is 0.779. The Hall–Kier alpha value is -1.75. The Morgan fingerprint density at radius 1 is 1.22 bits per heavy atom. The minimum Gasteiger partial charge on any atom is -0.493 e. The van der Waals surface area contributed by atoms with Gasteiger partial charge in [-0.15, -0.1) is 0 Å². The molecule has 2 aromatic carbocycles. The Kier molecular flexibility index (Phi) is 6.71. The van der Waals surface area contributed by atoms with Gasteiger partial charge < -0.3 is 19.9 Å². The molecular weight excluding hydrogens is 314 g/mol. The standard InChI is InChI=1S/C18H22ClNO3/c1-3-23-18-15(19)9-13(10-17(18)22-2)11-20-12-16(21)14-7-5-4-6-8-14/h4-10,16,20-21H,3,11-12H2,1-2H3/p+1/t16-/m1/s1. The maximum atomic E-state index is 10.2. The maximum Gasteiger partial charge on any atom is 0.179 e. The molecule has 2 aromatic rings. The number of halogens is 1. The molecule has 5 heteroatoms. The summed E-state index contributed by atoms with van der Waals surface area (Å²) in [6, 6.07) is 13.4. The van der Waals surface area contributed by atoms with E-state index in [0.29, 0.717) is 36.2 Å². The van der Waals surface area contributed by atoms with Crippen LogP contribution < -0.4 is 14.8 Å². The van der Waals surface area contributed by atoms with Crippen molar-refractivity contribution in [2.24, 2.45) is 0 Å². The van der Waals surface area contributed by atoms with Crippen molar-refractivity contribution in [1.29, 1.82) is 0 Å². The fraction of sp³-hybridized carbons (Fsp3) is 0.333. The zero-order valence-electron chi connectivity index (χ0n) is 13.5. The highest BCUT2D eigenvalue weighted by atomic mass is 35.5. The van der Waals surface area contributed by atoms with E-state index in [1.807, 2.05) is 54.7 Å². The number of ether oxygens (including phenoxy) is 2. The van der Waals surface area contributed by atoms with Gasteiger partial charge in [-0.1, -0.05) is 41.9 Å². The maximum absolute atomic E-state index is 10.2. The molecule has 0 bridgehead atoms. The molecule has 3 N–H and O–H groups in total. The molecule has 0 spiro atoms. The number of hydrogen-bond acceptors (Lipinski definition) is 3. The highest BCUT2D eigenvalue weighted by Crippen LogP contribution is 2.36. The Bertz CT molecular complexity index is 619. The number of aliphatic hydroxyl groups is 1. The number of rotatable bonds is 8. The van der Waals surface area contributed by atoms with Crippen LogP contribution in [0.5, 0.6) is 11.5 Å². The molecule has 124 valence electrons. The molecule has 23 heavy (non-hydrogen) atoms. The molecule has 0 aliphatic carbocycles. The summed E-state index contributed by atoms with van der Waals surface area (Å²) in [6.45, 7) is 3.72. The fourth-order valence-electron chi connectivity index (χ4n) is 2.39. The lowest BCUT2D eigenvalue weighted by molar-refractivity contribution is -0.677. The lowest BCUT2D eigenvalue weighted by atomic mass is 10.1. The number of hydrogen-bond donors (Lipinski definition) is 2. The van der Waals surface area contributed by atoms with Crippen molar-refractivity contribution in [2.75, 3.05) is 20.3 Å². The van der Waals surface area contributed by atoms with Crippen LogP contribution in [0.3, 0.4) is 0 Å². The summed E-state index contributed by atoms with van der Waals surface area (Å²) < 4.78 is 10.9. The Morgan fingerprint density at radius 3 is 2.61 bits per heavy atom. The van der Waals surface area contributed by atoms with Crippen LogP contribution in [0, 0.1) is 0 Å². The third-order valence-electron chi connectivity index (χ3n) is 3.53. The Labute approximate surface area is 142 Å². The van der Waals surface area contributed by atoms with E-state index >= 15 is 0 Å². The van der Waals surface area contributed by atoms with E-state index in [4.69, 9.17) is 21.1 Å². The highest BCUT2D eigenvalue weighted by molar-refractivity contribution is 6.32. The predicted molar refractivity (Wildman–Crippen MR) is 91.1 cm³/mol. The molecule has 0 amide bonds. The van der Waals surface area contributed by atoms with Crippen molar-refractivity contribution >= 4 is 11.6 Å². The number of methoxy groups -OCH3 is 1. The first-order chi connectivity index (χ1) is 11.2. The van der Waals surface area contributed by atoms with Gasteiger partial charge in [0.2, 0.25) is 0 Å². The molecule has 0 radical (unpaired) electrons. The van der Waals surface area contributed by atoms with Gasteiger partial charge in [0.05, 0.1) is 18.7 Å². The minimum absolute atomic E-state index is 0.490. The average molecular weight is 337 g/mol. The van der Waals surface area contributed by atoms with Crippen LogP contribution in [0.2, 0.25) is 5.02 Å². The van der Waals surface area contributed by atoms with Gasteiger partial charge in [0, 0.05) is 5.56 Å². The van der Waals surface area contributed by atoms with Gasteiger partial charge in [0.1, 0.15) is 19.2 Å². The predicted octanol–water partition coefficient (Wildman–Crippen LogP) is 2.54. The first-order valence-corrected chi connectivity index (χ1v) is 8.07. The molecule has 0 aliphatic heterocycles. The Balaban J connectivity index is 1.97. The van der Waals surface area contributed by atoms with E-state index in [2.05, 4.69) is 0 Å². The summed E-state index contributed by atoms with van der Waals surface area (Å²) >= 11 is 6.26. The second-order valence-electron chi connectivity index (χ2n) is 5.20. The van der Waals surface area contributed by atoms with Crippen molar-refractivity contribution in [3.63, 3.8) is 0 Å². The van der Waals surface area contributed by atoms with Crippen LogP contribution in [0.4, 0.5) is 0 Å². The molecule has 0 heterocycles. The number of aliphatic hydroxyl groups excluding tert-OH is 1.